The summed E-state index contributed by atoms with van der Waals surface area (Å²) in [6.45, 7) is 6.71. The topological polar surface area (TPSA) is 49.8 Å². The molecule has 0 aliphatic carbocycles. The lowest BCUT2D eigenvalue weighted by atomic mass is 9.91. The van der Waals surface area contributed by atoms with E-state index in [-0.39, 0.29) is 36.0 Å². The number of rotatable bonds is 2. The number of likely N-dealkylation sites (tertiary alicyclic amines) is 1. The Labute approximate surface area is 136 Å². The Hall–Kier alpha value is -1.26. The number of fused-ring (bicyclic) bond motifs is 3. The van der Waals surface area contributed by atoms with Crippen molar-refractivity contribution in [3.05, 3.63) is 28.8 Å². The van der Waals surface area contributed by atoms with E-state index in [2.05, 4.69) is 20.8 Å². The molecular weight excluding hydrogens is 302 g/mol. The highest BCUT2D eigenvalue weighted by Gasteiger charge is 2.50. The molecule has 1 N–H and O–H groups in total. The van der Waals surface area contributed by atoms with Crippen molar-refractivity contribution in [2.75, 3.05) is 13.2 Å². The van der Waals surface area contributed by atoms with Crippen molar-refractivity contribution < 1.29 is 14.6 Å². The van der Waals surface area contributed by atoms with Gasteiger partial charge in [-0.05, 0) is 23.6 Å². The van der Waals surface area contributed by atoms with Gasteiger partial charge in [-0.3, -0.25) is 4.79 Å². The van der Waals surface area contributed by atoms with Gasteiger partial charge in [0, 0.05) is 29.5 Å². The van der Waals surface area contributed by atoms with Gasteiger partial charge >= 0.3 is 0 Å². The summed E-state index contributed by atoms with van der Waals surface area (Å²) in [5, 5.41) is 10.3. The number of hydrogen-bond acceptors (Lipinski definition) is 3. The standard InChI is InChI=1S/C17H22ClNO3/c1-17(2,3)7-14(21)19-8-10(9-20)16-15(19)12-6-11(18)4-5-13(12)22-16/h4-6,10,15-16,20H,7-9H2,1-3H3/t10-,15-,16-/m0/s1. The van der Waals surface area contributed by atoms with Crippen molar-refractivity contribution in [2.24, 2.45) is 11.3 Å². The van der Waals surface area contributed by atoms with Gasteiger partial charge in [-0.2, -0.15) is 0 Å². The van der Waals surface area contributed by atoms with Crippen molar-refractivity contribution in [3.63, 3.8) is 0 Å². The molecule has 1 aromatic rings. The van der Waals surface area contributed by atoms with E-state index in [9.17, 15) is 9.90 Å². The summed E-state index contributed by atoms with van der Waals surface area (Å²) >= 11 is 6.11. The zero-order chi connectivity index (χ0) is 16.1. The number of ether oxygens (including phenoxy) is 1. The van der Waals surface area contributed by atoms with Crippen molar-refractivity contribution in [3.8, 4) is 5.75 Å². The first-order valence-corrected chi connectivity index (χ1v) is 8.04. The van der Waals surface area contributed by atoms with Gasteiger partial charge in [-0.1, -0.05) is 32.4 Å². The van der Waals surface area contributed by atoms with Crippen LogP contribution in [0.3, 0.4) is 0 Å². The molecule has 0 unspecified atom stereocenters. The van der Waals surface area contributed by atoms with Crippen LogP contribution < -0.4 is 4.74 Å². The maximum atomic E-state index is 12.7. The molecule has 1 amide bonds. The third-order valence-electron chi connectivity index (χ3n) is 4.33. The molecular formula is C17H22ClNO3. The van der Waals surface area contributed by atoms with Gasteiger partial charge in [0.05, 0.1) is 12.6 Å². The lowest BCUT2D eigenvalue weighted by Crippen LogP contribution is -2.34. The summed E-state index contributed by atoms with van der Waals surface area (Å²) < 4.78 is 5.99. The van der Waals surface area contributed by atoms with E-state index < -0.39 is 0 Å². The Morgan fingerprint density at radius 1 is 1.45 bits per heavy atom. The number of aliphatic hydroxyl groups is 1. The molecule has 120 valence electrons. The van der Waals surface area contributed by atoms with Crippen LogP contribution in [0.5, 0.6) is 5.75 Å². The number of aliphatic hydroxyl groups excluding tert-OH is 1. The first kappa shape index (κ1) is 15.6. The Morgan fingerprint density at radius 2 is 2.18 bits per heavy atom. The average molecular weight is 324 g/mol. The molecule has 4 nitrogen and oxygen atoms in total. The average Bonchev–Trinajstić information content (AvgIpc) is 2.93. The zero-order valence-electron chi connectivity index (χ0n) is 13.2. The van der Waals surface area contributed by atoms with Crippen LogP contribution in [-0.2, 0) is 4.79 Å². The molecule has 0 spiro atoms. The van der Waals surface area contributed by atoms with E-state index >= 15 is 0 Å². The normalized spacial score (nSPS) is 26.6. The molecule has 2 heterocycles. The van der Waals surface area contributed by atoms with E-state index in [1.165, 1.54) is 0 Å². The third kappa shape index (κ3) is 2.70. The maximum Gasteiger partial charge on any atom is 0.223 e. The molecule has 22 heavy (non-hydrogen) atoms. The van der Waals surface area contributed by atoms with Crippen LogP contribution in [0.4, 0.5) is 0 Å². The summed E-state index contributed by atoms with van der Waals surface area (Å²) in [5.74, 6) is 0.820. The van der Waals surface area contributed by atoms with Crippen LogP contribution in [-0.4, -0.2) is 35.2 Å². The maximum absolute atomic E-state index is 12.7. The van der Waals surface area contributed by atoms with E-state index in [1.807, 2.05) is 17.0 Å². The van der Waals surface area contributed by atoms with E-state index in [4.69, 9.17) is 16.3 Å². The third-order valence-corrected chi connectivity index (χ3v) is 4.57. The van der Waals surface area contributed by atoms with E-state index in [1.54, 1.807) is 6.07 Å². The Bertz CT molecular complexity index is 596. The number of nitrogens with zero attached hydrogens (tertiary/aromatic N) is 1. The number of hydrogen-bond donors (Lipinski definition) is 1. The van der Waals surface area contributed by atoms with Crippen LogP contribution in [0.25, 0.3) is 0 Å². The first-order chi connectivity index (χ1) is 10.3. The minimum atomic E-state index is -0.178. The fraction of sp³-hybridized carbons (Fsp3) is 0.588. The van der Waals surface area contributed by atoms with E-state index in [0.717, 1.165) is 11.3 Å². The van der Waals surface area contributed by atoms with Crippen molar-refractivity contribution >= 4 is 17.5 Å². The van der Waals surface area contributed by atoms with Gasteiger partial charge in [0.25, 0.3) is 0 Å². The summed E-state index contributed by atoms with van der Waals surface area (Å²) in [6, 6.07) is 5.37. The summed E-state index contributed by atoms with van der Waals surface area (Å²) in [6.07, 6.45) is 0.298. The smallest absolute Gasteiger partial charge is 0.223 e. The summed E-state index contributed by atoms with van der Waals surface area (Å²) in [5.41, 5.74) is 0.885. The lowest BCUT2D eigenvalue weighted by Gasteiger charge is -2.27. The molecule has 1 aromatic carbocycles. The van der Waals surface area contributed by atoms with E-state index in [0.29, 0.717) is 18.0 Å². The van der Waals surface area contributed by atoms with Gasteiger partial charge in [-0.25, -0.2) is 0 Å². The highest BCUT2D eigenvalue weighted by Crippen LogP contribution is 2.48. The quantitative estimate of drug-likeness (QED) is 0.910. The molecule has 0 bridgehead atoms. The number of halogens is 1. The molecule has 2 aliphatic rings. The van der Waals surface area contributed by atoms with Gasteiger partial charge in [0.1, 0.15) is 11.9 Å². The van der Waals surface area contributed by atoms with Gasteiger partial charge in [0.15, 0.2) is 0 Å². The van der Waals surface area contributed by atoms with Crippen LogP contribution in [0, 0.1) is 11.3 Å². The van der Waals surface area contributed by atoms with Gasteiger partial charge in [0.2, 0.25) is 5.91 Å². The molecule has 5 heteroatoms. The molecule has 2 aliphatic heterocycles. The predicted octanol–water partition coefficient (Wildman–Crippen LogP) is 3.03. The molecule has 0 radical (unpaired) electrons. The Morgan fingerprint density at radius 3 is 2.82 bits per heavy atom. The fourth-order valence-electron chi connectivity index (χ4n) is 3.39. The number of benzene rings is 1. The molecule has 0 aromatic heterocycles. The second-order valence-corrected chi connectivity index (χ2v) is 7.87. The fourth-order valence-corrected chi connectivity index (χ4v) is 3.57. The predicted molar refractivity (Wildman–Crippen MR) is 85.0 cm³/mol. The minimum absolute atomic E-state index is 0.0161. The first-order valence-electron chi connectivity index (χ1n) is 7.66. The lowest BCUT2D eigenvalue weighted by molar-refractivity contribution is -0.134. The van der Waals surface area contributed by atoms with Crippen LogP contribution in [0.1, 0.15) is 38.8 Å². The molecule has 0 saturated carbocycles. The van der Waals surface area contributed by atoms with Crippen molar-refractivity contribution in [1.82, 2.24) is 4.90 Å². The van der Waals surface area contributed by atoms with Crippen LogP contribution >= 0.6 is 11.6 Å². The summed E-state index contributed by atoms with van der Waals surface area (Å²) in [4.78, 5) is 14.6. The monoisotopic (exact) mass is 323 g/mol. The molecule has 1 fully saturated rings. The number of carbonyl (C=O) groups excluding carboxylic acids is 1. The highest BCUT2D eigenvalue weighted by atomic mass is 35.5. The van der Waals surface area contributed by atoms with Crippen LogP contribution in [0.2, 0.25) is 5.02 Å². The van der Waals surface area contributed by atoms with Crippen LogP contribution in [0.15, 0.2) is 18.2 Å². The number of carbonyl (C=O) groups is 1. The Balaban J connectivity index is 1.93. The van der Waals surface area contributed by atoms with Crippen molar-refractivity contribution in [1.29, 1.82) is 0 Å². The van der Waals surface area contributed by atoms with Gasteiger partial charge in [-0.15, -0.1) is 0 Å². The second-order valence-electron chi connectivity index (χ2n) is 7.44. The molecule has 3 rings (SSSR count). The zero-order valence-corrected chi connectivity index (χ0v) is 13.9. The second kappa shape index (κ2) is 5.43. The van der Waals surface area contributed by atoms with Gasteiger partial charge < -0.3 is 14.7 Å². The highest BCUT2D eigenvalue weighted by molar-refractivity contribution is 6.30. The summed E-state index contributed by atoms with van der Waals surface area (Å²) in [7, 11) is 0. The SMILES string of the molecule is CC(C)(C)CC(=O)N1C[C@@H](CO)[C@@H]2Oc3ccc(Cl)cc3[C@@H]21. The Kier molecular flexibility index (Phi) is 3.86. The molecule has 1 saturated heterocycles. The molecule has 3 atom stereocenters. The minimum Gasteiger partial charge on any atom is -0.487 e. The van der Waals surface area contributed by atoms with Crippen molar-refractivity contribution in [2.45, 2.75) is 39.3 Å². The largest absolute Gasteiger partial charge is 0.487 e. The number of amides is 1.